The minimum absolute atomic E-state index is 0.0139. The van der Waals surface area contributed by atoms with Crippen LogP contribution in [-0.2, 0) is 18.5 Å². The van der Waals surface area contributed by atoms with E-state index in [-0.39, 0.29) is 40.6 Å². The number of nitrogen functional groups attached to an aromatic ring is 2. The van der Waals surface area contributed by atoms with Crippen LogP contribution >= 0.6 is 0 Å². The van der Waals surface area contributed by atoms with Crippen molar-refractivity contribution in [3.8, 4) is 18.2 Å². The van der Waals surface area contributed by atoms with Crippen LogP contribution in [-0.4, -0.2) is 82.1 Å². The van der Waals surface area contributed by atoms with Crippen LogP contribution in [0.3, 0.4) is 0 Å². The van der Waals surface area contributed by atoms with Gasteiger partial charge in [-0.15, -0.1) is 4.73 Å². The van der Waals surface area contributed by atoms with Crippen LogP contribution in [0.2, 0.25) is 0 Å². The number of hydrogen-bond donors (Lipinski definition) is 2. The fraction of sp³-hybridized carbons (Fsp3) is 0.0370. The summed E-state index contributed by atoms with van der Waals surface area (Å²) in [6, 6.07) is 25.5. The second-order valence-corrected chi connectivity index (χ2v) is 10.7. The van der Waals surface area contributed by atoms with Crippen LogP contribution in [0.25, 0.3) is 37.9 Å². The molecule has 0 aliphatic heterocycles. The molecule has 0 aliphatic rings. The molecule has 20 nitrogen and oxygen atoms in total. The standard InChI is InChI=1S/C9H6N4O2.C9H6N4.C6H4N2O2.C3H2N2.2Na.O4S2/c10-5-8-9(11)13(15)7-4-2-1-3-6(7)12(8)14;10-5-8-9(11)13-7-4-2-1-3-6(7)12-8;9-8-6-4-2-1-3-5(6)7-10-8;1-5-3-2-4;;;1-5(2)6(3)4/h1-4H,11H2;1-4H,(H2,11,13);1-4H;3H2;;;. The average Bonchev–Trinajstić information content (AvgIpc) is 3.53. The van der Waals surface area contributed by atoms with Gasteiger partial charge in [0.15, 0.2) is 17.6 Å². The number of nitrogens with two attached hydrogens (primary N) is 2. The molecule has 0 fully saturated rings. The molecule has 3 heterocycles. The van der Waals surface area contributed by atoms with Crippen LogP contribution < -0.4 is 25.8 Å². The zero-order valence-electron chi connectivity index (χ0n) is 26.3. The first kappa shape index (κ1) is 43.4. The van der Waals surface area contributed by atoms with Gasteiger partial charge in [0.25, 0.3) is 12.1 Å². The van der Waals surface area contributed by atoms with Crippen molar-refractivity contribution >= 4 is 107 Å². The summed E-state index contributed by atoms with van der Waals surface area (Å²) in [6.45, 7) is 5.99. The van der Waals surface area contributed by atoms with Gasteiger partial charge >= 0.3 is 73.7 Å². The van der Waals surface area contributed by atoms with Gasteiger partial charge in [-0.1, -0.05) is 36.4 Å². The van der Waals surface area contributed by atoms with Crippen molar-refractivity contribution in [2.75, 3.05) is 18.0 Å². The summed E-state index contributed by atoms with van der Waals surface area (Å²) in [6.07, 6.45) is 0. The third kappa shape index (κ3) is 13.0. The SMILES string of the molecule is N#Cc1c(N)[n+]([O-])c2ccccc2[n+]1[O-].N#Cc1nc2ccccc2nc1N.O=S(=O)=S(=O)=O.[C-]#[N+]CC#N.[Na][Na].[O-][n+]1onc2ccccc21. The number of anilines is 2. The van der Waals surface area contributed by atoms with E-state index in [1.807, 2.05) is 18.2 Å². The van der Waals surface area contributed by atoms with Gasteiger partial charge in [-0.05, 0) is 35.2 Å². The Hall–Kier alpha value is -5.66. The fourth-order valence-corrected chi connectivity index (χ4v) is 3.31. The molecular formula is C27H18N12Na2O8S2. The van der Waals surface area contributed by atoms with Crippen LogP contribution in [0.15, 0.2) is 77.4 Å². The Kier molecular flexibility index (Phi) is 19.4. The summed E-state index contributed by atoms with van der Waals surface area (Å²) < 4.78 is 41.4. The topological polar surface area (TPSA) is 329 Å². The third-order valence-corrected chi connectivity index (χ3v) is 6.23. The number of para-hydroxylation sites is 5. The van der Waals surface area contributed by atoms with Crippen LogP contribution in [0.1, 0.15) is 11.4 Å². The summed E-state index contributed by atoms with van der Waals surface area (Å²) in [4.78, 5) is 11.2. The molecule has 0 aliphatic carbocycles. The van der Waals surface area contributed by atoms with E-state index in [0.29, 0.717) is 36.4 Å². The minimum atomic E-state index is -2.95. The largest absolute Gasteiger partial charge is 0.359 e. The summed E-state index contributed by atoms with van der Waals surface area (Å²) in [7, 11) is -5.90. The Labute approximate surface area is 318 Å². The van der Waals surface area contributed by atoms with Crippen LogP contribution in [0, 0.1) is 56.2 Å². The molecule has 248 valence electrons. The second-order valence-electron chi connectivity index (χ2n) is 8.28. The molecule has 6 rings (SSSR count). The van der Waals surface area contributed by atoms with Crippen molar-refractivity contribution in [3.63, 3.8) is 0 Å². The van der Waals surface area contributed by atoms with Gasteiger partial charge in [0.05, 0.1) is 11.0 Å². The molecule has 6 aromatic rings. The van der Waals surface area contributed by atoms with E-state index in [0.717, 1.165) is 0 Å². The monoisotopic (exact) mass is 748 g/mol. The van der Waals surface area contributed by atoms with Crippen molar-refractivity contribution in [2.45, 2.75) is 0 Å². The molecule has 0 atom stereocenters. The van der Waals surface area contributed by atoms with Gasteiger partial charge in [-0.3, -0.25) is 10.4 Å². The Morgan fingerprint density at radius 2 is 1.24 bits per heavy atom. The normalized spacial score (nSPS) is 8.94. The van der Waals surface area contributed by atoms with Crippen molar-refractivity contribution in [2.24, 2.45) is 0 Å². The Morgan fingerprint density at radius 1 is 0.765 bits per heavy atom. The maximum atomic E-state index is 11.6. The molecule has 0 unspecified atom stereocenters. The van der Waals surface area contributed by atoms with Crippen molar-refractivity contribution < 1.29 is 35.8 Å². The number of hydrogen-bond acceptors (Lipinski definition) is 16. The smallest absolute Gasteiger partial charge is 0.248 e. The van der Waals surface area contributed by atoms with E-state index in [1.54, 1.807) is 60.7 Å². The van der Waals surface area contributed by atoms with Gasteiger partial charge in [0, 0.05) is 11.2 Å². The number of nitriles is 3. The fourth-order valence-electron chi connectivity index (χ4n) is 3.31. The molecule has 51 heavy (non-hydrogen) atoms. The summed E-state index contributed by atoms with van der Waals surface area (Å²) in [5, 5.41) is 62.2. The molecule has 0 saturated carbocycles. The quantitative estimate of drug-likeness (QED) is 0.0646. The first-order valence-electron chi connectivity index (χ1n) is 13.6. The van der Waals surface area contributed by atoms with Gasteiger partial charge in [0.1, 0.15) is 12.1 Å². The summed E-state index contributed by atoms with van der Waals surface area (Å²) >= 11 is 2.89. The third-order valence-electron chi connectivity index (χ3n) is 5.35. The van der Waals surface area contributed by atoms with Crippen molar-refractivity contribution in [3.05, 3.63) is 111 Å². The molecule has 3 aromatic heterocycles. The number of benzene rings is 3. The van der Waals surface area contributed by atoms with Crippen LogP contribution in [0.5, 0.6) is 0 Å². The van der Waals surface area contributed by atoms with E-state index >= 15 is 0 Å². The Bertz CT molecular complexity index is 2520. The zero-order valence-corrected chi connectivity index (χ0v) is 32.0. The maximum absolute atomic E-state index is 11.6. The van der Waals surface area contributed by atoms with Gasteiger partial charge in [-0.25, -0.2) is 21.3 Å². The minimum Gasteiger partial charge on any atom is -0.359 e. The van der Waals surface area contributed by atoms with Crippen molar-refractivity contribution in [1.29, 1.82) is 15.8 Å². The number of nitrogens with zero attached hydrogens (tertiary/aromatic N) is 10. The predicted octanol–water partition coefficient (Wildman–Crippen LogP) is -0.567. The average molecular weight is 749 g/mol. The van der Waals surface area contributed by atoms with E-state index in [1.165, 1.54) is 55.8 Å². The maximum Gasteiger partial charge on any atom is 0.248 e. The zero-order chi connectivity index (χ0) is 38.5. The van der Waals surface area contributed by atoms with Gasteiger partial charge in [-0.2, -0.15) is 32.6 Å². The molecule has 0 bridgehead atoms. The van der Waals surface area contributed by atoms with E-state index in [9.17, 15) is 15.6 Å². The first-order chi connectivity index (χ1) is 24.4. The predicted molar refractivity (Wildman–Crippen MR) is 179 cm³/mol. The van der Waals surface area contributed by atoms with Crippen LogP contribution in [0.4, 0.5) is 11.6 Å². The number of aromatic nitrogens is 6. The van der Waals surface area contributed by atoms with E-state index in [2.05, 4.69) is 24.6 Å². The number of fused-ring (bicyclic) bond motifs is 3. The van der Waals surface area contributed by atoms with Gasteiger partial charge in [0.2, 0.25) is 16.6 Å². The number of rotatable bonds is 0. The molecular weight excluding hydrogens is 730 g/mol. The molecule has 4 N–H and O–H groups in total. The molecule has 0 saturated heterocycles. The Morgan fingerprint density at radius 3 is 1.67 bits per heavy atom. The van der Waals surface area contributed by atoms with Gasteiger partial charge < -0.3 is 26.2 Å². The Balaban J connectivity index is 0.000000331. The van der Waals surface area contributed by atoms with E-state index in [4.69, 9.17) is 50.7 Å². The first-order valence-corrected chi connectivity index (χ1v) is 24.3. The molecule has 0 spiro atoms. The van der Waals surface area contributed by atoms with Crippen molar-refractivity contribution in [1.82, 2.24) is 15.1 Å². The second kappa shape index (κ2) is 22.9. The molecule has 3 aromatic carbocycles. The van der Waals surface area contributed by atoms with E-state index < -0.39 is 18.5 Å². The summed E-state index contributed by atoms with van der Waals surface area (Å²) in [5.41, 5.74) is 13.4. The molecule has 24 heteroatoms. The molecule has 0 amide bonds. The summed E-state index contributed by atoms with van der Waals surface area (Å²) in [5.74, 6) is -0.201. The molecule has 0 radical (unpaired) electrons.